The normalized spacial score (nSPS) is 14.6. The summed E-state index contributed by atoms with van der Waals surface area (Å²) in [6, 6.07) is -0.595. The van der Waals surface area contributed by atoms with E-state index in [9.17, 15) is 9.59 Å². The third-order valence-corrected chi connectivity index (χ3v) is 3.13. The first-order valence-electron chi connectivity index (χ1n) is 4.81. The van der Waals surface area contributed by atoms with E-state index in [1.807, 2.05) is 5.38 Å². The minimum Gasteiger partial charge on any atom is -0.283 e. The van der Waals surface area contributed by atoms with Crippen LogP contribution in [0.4, 0.5) is 9.93 Å². The van der Waals surface area contributed by atoms with Crippen LogP contribution in [0, 0.1) is 0 Å². The molecule has 0 spiro atoms. The summed E-state index contributed by atoms with van der Waals surface area (Å²) >= 11 is 6.60. The molecule has 1 fully saturated rings. The topological polar surface area (TPSA) is 71.1 Å². The van der Waals surface area contributed by atoms with Gasteiger partial charge in [-0.3, -0.25) is 15.4 Å². The van der Waals surface area contributed by atoms with Crippen LogP contribution in [0.1, 0.15) is 24.5 Å². The van der Waals surface area contributed by atoms with Crippen LogP contribution in [0.15, 0.2) is 5.38 Å². The summed E-state index contributed by atoms with van der Waals surface area (Å²) in [6.45, 7) is 0. The molecule has 0 aliphatic heterocycles. The largest absolute Gasteiger partial charge is 0.327 e. The van der Waals surface area contributed by atoms with Gasteiger partial charge in [-0.25, -0.2) is 9.78 Å². The number of nitrogens with one attached hydrogen (secondary N) is 2. The van der Waals surface area contributed by atoms with Crippen LogP contribution in [0.5, 0.6) is 0 Å². The van der Waals surface area contributed by atoms with Gasteiger partial charge in [-0.15, -0.1) is 22.9 Å². The second kappa shape index (κ2) is 4.80. The van der Waals surface area contributed by atoms with Crippen molar-refractivity contribution in [2.45, 2.75) is 18.8 Å². The van der Waals surface area contributed by atoms with E-state index >= 15 is 0 Å². The van der Waals surface area contributed by atoms with E-state index in [2.05, 4.69) is 15.6 Å². The van der Waals surface area contributed by atoms with E-state index in [1.54, 1.807) is 0 Å². The van der Waals surface area contributed by atoms with Crippen LogP contribution in [0.3, 0.4) is 0 Å². The first-order valence-corrected chi connectivity index (χ1v) is 6.22. The third-order valence-electron chi connectivity index (χ3n) is 2.11. The highest BCUT2D eigenvalue weighted by atomic mass is 35.5. The number of carbonyl (C=O) groups is 2. The van der Waals surface area contributed by atoms with Gasteiger partial charge in [0.1, 0.15) is 5.88 Å². The zero-order valence-electron chi connectivity index (χ0n) is 8.33. The van der Waals surface area contributed by atoms with Crippen LogP contribution in [0.2, 0.25) is 0 Å². The molecule has 16 heavy (non-hydrogen) atoms. The van der Waals surface area contributed by atoms with Crippen LogP contribution >= 0.6 is 22.9 Å². The molecule has 0 bridgehead atoms. The Morgan fingerprint density at radius 1 is 1.56 bits per heavy atom. The van der Waals surface area contributed by atoms with E-state index in [0.717, 1.165) is 5.69 Å². The van der Waals surface area contributed by atoms with Gasteiger partial charge in [-0.2, -0.15) is 0 Å². The Bertz CT molecular complexity index is 417. The maximum absolute atomic E-state index is 11.2. The van der Waals surface area contributed by atoms with Crippen molar-refractivity contribution in [1.29, 1.82) is 0 Å². The summed E-state index contributed by atoms with van der Waals surface area (Å²) in [4.78, 5) is 26.3. The zero-order valence-corrected chi connectivity index (χ0v) is 9.90. The highest BCUT2D eigenvalue weighted by Crippen LogP contribution is 2.40. The molecule has 7 heteroatoms. The molecule has 86 valence electrons. The van der Waals surface area contributed by atoms with Gasteiger partial charge in [0.25, 0.3) is 0 Å². The molecular weight excluding hydrogens is 250 g/mol. The number of imide groups is 1. The van der Waals surface area contributed by atoms with Gasteiger partial charge in [0.15, 0.2) is 5.13 Å². The van der Waals surface area contributed by atoms with Crippen LogP contribution in [0.25, 0.3) is 0 Å². The smallest absolute Gasteiger partial charge is 0.283 e. The summed E-state index contributed by atoms with van der Waals surface area (Å²) in [5, 5.41) is 6.99. The van der Waals surface area contributed by atoms with E-state index < -0.39 is 11.9 Å². The Kier molecular flexibility index (Phi) is 3.40. The molecule has 1 heterocycles. The molecule has 5 nitrogen and oxygen atoms in total. The number of nitrogens with zero attached hydrogens (tertiary/aromatic N) is 1. The van der Waals surface area contributed by atoms with E-state index in [0.29, 0.717) is 11.0 Å². The first kappa shape index (κ1) is 11.3. The van der Waals surface area contributed by atoms with Gasteiger partial charge in [-0.1, -0.05) is 0 Å². The Morgan fingerprint density at radius 3 is 2.94 bits per heavy atom. The lowest BCUT2D eigenvalue weighted by Gasteiger charge is -2.01. The number of urea groups is 1. The molecule has 0 radical (unpaired) electrons. The molecule has 1 aliphatic rings. The number of halogens is 1. The van der Waals surface area contributed by atoms with Gasteiger partial charge < -0.3 is 0 Å². The molecule has 0 saturated heterocycles. The number of rotatable bonds is 3. The number of anilines is 1. The predicted octanol–water partition coefficient (Wildman–Crippen LogP) is 1.91. The molecule has 1 aromatic heterocycles. The summed E-state index contributed by atoms with van der Waals surface area (Å²) in [5.41, 5.74) is 1.02. The average Bonchev–Trinajstić information content (AvgIpc) is 3.00. The van der Waals surface area contributed by atoms with Gasteiger partial charge in [0.05, 0.1) is 5.69 Å². The summed E-state index contributed by atoms with van der Waals surface area (Å²) in [6.07, 6.45) is 2.33. The molecule has 3 amide bonds. The van der Waals surface area contributed by atoms with Crippen LogP contribution < -0.4 is 10.6 Å². The molecule has 0 aromatic carbocycles. The Morgan fingerprint density at radius 2 is 2.31 bits per heavy atom. The molecular formula is C9H10ClN3O2S. The van der Waals surface area contributed by atoms with Gasteiger partial charge in [0, 0.05) is 11.3 Å². The van der Waals surface area contributed by atoms with Crippen molar-refractivity contribution < 1.29 is 9.59 Å². The lowest BCUT2D eigenvalue weighted by atomic mass is 10.3. The molecule has 1 aliphatic carbocycles. The third kappa shape index (κ3) is 2.93. The van der Waals surface area contributed by atoms with E-state index in [4.69, 9.17) is 11.6 Å². The number of hydrogen-bond donors (Lipinski definition) is 2. The molecule has 2 N–H and O–H groups in total. The van der Waals surface area contributed by atoms with Crippen LogP contribution in [-0.2, 0) is 4.79 Å². The summed E-state index contributed by atoms with van der Waals surface area (Å²) in [7, 11) is 0. The Labute approximate surface area is 101 Å². The minimum atomic E-state index is -0.595. The molecule has 0 atom stereocenters. The second-order valence-electron chi connectivity index (χ2n) is 3.49. The number of aromatic nitrogens is 1. The quantitative estimate of drug-likeness (QED) is 0.815. The lowest BCUT2D eigenvalue weighted by molar-refractivity contribution is -0.117. The van der Waals surface area contributed by atoms with E-state index in [-0.39, 0.29) is 5.88 Å². The standard InChI is InChI=1S/C9H10ClN3O2S/c10-3-7(14)12-8(15)13-9-11-6(4-16-9)5-1-2-5/h4-5H,1-3H2,(H2,11,12,13,14,15). The summed E-state index contributed by atoms with van der Waals surface area (Å²) < 4.78 is 0. The summed E-state index contributed by atoms with van der Waals surface area (Å²) in [5.74, 6) is -0.212. The first-order chi connectivity index (χ1) is 7.69. The van der Waals surface area contributed by atoms with Gasteiger partial charge in [-0.05, 0) is 12.8 Å². The second-order valence-corrected chi connectivity index (χ2v) is 4.61. The predicted molar refractivity (Wildman–Crippen MR) is 62.0 cm³/mol. The van der Waals surface area contributed by atoms with Gasteiger partial charge >= 0.3 is 6.03 Å². The Hall–Kier alpha value is -1.14. The van der Waals surface area contributed by atoms with Crippen molar-refractivity contribution in [2.75, 3.05) is 11.2 Å². The maximum atomic E-state index is 11.2. The highest BCUT2D eigenvalue weighted by Gasteiger charge is 2.26. The van der Waals surface area contributed by atoms with Crippen molar-refractivity contribution in [2.24, 2.45) is 0 Å². The number of hydrogen-bond acceptors (Lipinski definition) is 4. The lowest BCUT2D eigenvalue weighted by Crippen LogP contribution is -2.35. The number of alkyl halides is 1. The maximum Gasteiger partial charge on any atom is 0.327 e. The van der Waals surface area contributed by atoms with Crippen molar-refractivity contribution in [1.82, 2.24) is 10.3 Å². The fourth-order valence-corrected chi connectivity index (χ4v) is 2.05. The highest BCUT2D eigenvalue weighted by molar-refractivity contribution is 7.13. The van der Waals surface area contributed by atoms with Crippen LogP contribution in [-0.4, -0.2) is 22.8 Å². The molecule has 2 rings (SSSR count). The van der Waals surface area contributed by atoms with Crippen molar-refractivity contribution in [3.05, 3.63) is 11.1 Å². The minimum absolute atomic E-state index is 0.237. The monoisotopic (exact) mass is 259 g/mol. The average molecular weight is 260 g/mol. The Balaban J connectivity index is 1.87. The number of thiazole rings is 1. The van der Waals surface area contributed by atoms with E-state index in [1.165, 1.54) is 24.2 Å². The fourth-order valence-electron chi connectivity index (χ4n) is 1.20. The van der Waals surface area contributed by atoms with Gasteiger partial charge in [0.2, 0.25) is 5.91 Å². The number of carbonyl (C=O) groups excluding carboxylic acids is 2. The molecule has 1 saturated carbocycles. The van der Waals surface area contributed by atoms with Crippen molar-refractivity contribution in [3.63, 3.8) is 0 Å². The fraction of sp³-hybridized carbons (Fsp3) is 0.444. The number of amides is 3. The zero-order chi connectivity index (χ0) is 11.5. The van der Waals surface area contributed by atoms with Crippen molar-refractivity contribution >= 4 is 40.0 Å². The SMILES string of the molecule is O=C(CCl)NC(=O)Nc1nc(C2CC2)cs1. The van der Waals surface area contributed by atoms with Crippen molar-refractivity contribution in [3.8, 4) is 0 Å². The molecule has 1 aromatic rings. The molecule has 0 unspecified atom stereocenters.